The molecule has 0 aromatic carbocycles. The van der Waals surface area contributed by atoms with E-state index in [0.717, 1.165) is 6.54 Å². The predicted octanol–water partition coefficient (Wildman–Crippen LogP) is 1.53. The van der Waals surface area contributed by atoms with Gasteiger partial charge in [0.15, 0.2) is 0 Å². The van der Waals surface area contributed by atoms with Crippen LogP contribution in [0.3, 0.4) is 0 Å². The fraction of sp³-hybridized carbons (Fsp3) is 0.625. The van der Waals surface area contributed by atoms with Gasteiger partial charge in [-0.25, -0.2) is 4.98 Å². The molecule has 1 rings (SSSR count). The fourth-order valence-electron chi connectivity index (χ4n) is 0.793. The summed E-state index contributed by atoms with van der Waals surface area (Å²) in [5.74, 6) is 0. The molecule has 0 aliphatic heterocycles. The monoisotopic (exact) mass is 220 g/mol. The maximum Gasteiger partial charge on any atom is 0.327 e. The summed E-state index contributed by atoms with van der Waals surface area (Å²) in [7, 11) is -2.10. The van der Waals surface area contributed by atoms with E-state index in [1.54, 1.807) is 13.1 Å². The standard InChI is InChI=1S/C6H10N2.C2H7O3P/c1-2-4-8-5-3-7-6-8;1-2-5-6(3)4/h3,5-6H,2,4H2,1H3;3-4H,2H2,1H3. The molecule has 0 bridgehead atoms. The van der Waals surface area contributed by atoms with Gasteiger partial charge in [0.2, 0.25) is 0 Å². The molecule has 1 aromatic heterocycles. The van der Waals surface area contributed by atoms with Crippen LogP contribution in [-0.2, 0) is 11.1 Å². The van der Waals surface area contributed by atoms with Gasteiger partial charge in [0.25, 0.3) is 0 Å². The number of rotatable bonds is 4. The molecule has 0 fully saturated rings. The Morgan fingerprint density at radius 1 is 1.43 bits per heavy atom. The fourth-order valence-corrected chi connectivity index (χ4v) is 1.02. The van der Waals surface area contributed by atoms with Gasteiger partial charge in [0.1, 0.15) is 0 Å². The normalized spacial score (nSPS) is 9.79. The molecule has 0 saturated carbocycles. The van der Waals surface area contributed by atoms with Crippen LogP contribution in [0.2, 0.25) is 0 Å². The van der Waals surface area contributed by atoms with Gasteiger partial charge in [-0.15, -0.1) is 0 Å². The lowest BCUT2D eigenvalue weighted by molar-refractivity contribution is 0.269. The van der Waals surface area contributed by atoms with E-state index in [9.17, 15) is 0 Å². The zero-order chi connectivity index (χ0) is 10.8. The minimum atomic E-state index is -2.10. The summed E-state index contributed by atoms with van der Waals surface area (Å²) < 4.78 is 6.29. The second-order valence-electron chi connectivity index (χ2n) is 2.47. The topological polar surface area (TPSA) is 67.5 Å². The van der Waals surface area contributed by atoms with Crippen LogP contribution in [0, 0.1) is 0 Å². The number of nitrogens with zero attached hydrogens (tertiary/aromatic N) is 2. The second-order valence-corrected chi connectivity index (χ2v) is 3.23. The van der Waals surface area contributed by atoms with Crippen molar-refractivity contribution in [1.82, 2.24) is 9.55 Å². The van der Waals surface area contributed by atoms with Crippen molar-refractivity contribution in [1.29, 1.82) is 0 Å². The van der Waals surface area contributed by atoms with E-state index in [-0.39, 0.29) is 0 Å². The molecule has 0 spiro atoms. The van der Waals surface area contributed by atoms with Crippen molar-refractivity contribution in [2.75, 3.05) is 6.61 Å². The average Bonchev–Trinajstić information content (AvgIpc) is 2.58. The highest BCUT2D eigenvalue weighted by Crippen LogP contribution is 2.22. The second kappa shape index (κ2) is 9.09. The molecule has 6 heteroatoms. The van der Waals surface area contributed by atoms with Crippen molar-refractivity contribution >= 4 is 8.60 Å². The van der Waals surface area contributed by atoms with Crippen molar-refractivity contribution in [3.05, 3.63) is 18.7 Å². The van der Waals surface area contributed by atoms with Crippen molar-refractivity contribution in [3.8, 4) is 0 Å². The predicted molar refractivity (Wildman–Crippen MR) is 55.5 cm³/mol. The number of aryl methyl sites for hydroxylation is 1. The summed E-state index contributed by atoms with van der Waals surface area (Å²) in [5.41, 5.74) is 0. The van der Waals surface area contributed by atoms with Gasteiger partial charge in [-0.3, -0.25) is 0 Å². The average molecular weight is 220 g/mol. The van der Waals surface area contributed by atoms with Crippen molar-refractivity contribution in [2.45, 2.75) is 26.8 Å². The zero-order valence-corrected chi connectivity index (χ0v) is 9.39. The van der Waals surface area contributed by atoms with Gasteiger partial charge >= 0.3 is 8.60 Å². The first-order valence-electron chi connectivity index (χ1n) is 4.47. The Bertz CT molecular complexity index is 204. The number of hydrogen-bond donors (Lipinski definition) is 2. The molecule has 0 aliphatic carbocycles. The Labute approximate surface area is 85.4 Å². The third kappa shape index (κ3) is 8.13. The van der Waals surface area contributed by atoms with Crippen LogP contribution >= 0.6 is 8.60 Å². The molecule has 82 valence electrons. The Kier molecular flexibility index (Phi) is 8.78. The summed E-state index contributed by atoms with van der Waals surface area (Å²) in [6.07, 6.45) is 6.79. The largest absolute Gasteiger partial charge is 0.338 e. The maximum absolute atomic E-state index is 7.95. The first-order chi connectivity index (χ1) is 6.70. The van der Waals surface area contributed by atoms with Gasteiger partial charge in [-0.2, -0.15) is 0 Å². The van der Waals surface area contributed by atoms with Crippen molar-refractivity contribution in [3.63, 3.8) is 0 Å². The molecule has 0 atom stereocenters. The van der Waals surface area contributed by atoms with Gasteiger partial charge in [0.05, 0.1) is 12.9 Å². The van der Waals surface area contributed by atoms with E-state index >= 15 is 0 Å². The summed E-state index contributed by atoms with van der Waals surface area (Å²) in [6.45, 7) is 5.29. The van der Waals surface area contributed by atoms with Crippen LogP contribution < -0.4 is 0 Å². The van der Waals surface area contributed by atoms with Crippen LogP contribution in [0.15, 0.2) is 18.7 Å². The van der Waals surface area contributed by atoms with Gasteiger partial charge in [-0.05, 0) is 13.3 Å². The minimum Gasteiger partial charge on any atom is -0.338 e. The number of aromatic nitrogens is 2. The Morgan fingerprint density at radius 3 is 2.43 bits per heavy atom. The van der Waals surface area contributed by atoms with Crippen LogP contribution in [0.1, 0.15) is 20.3 Å². The molecule has 14 heavy (non-hydrogen) atoms. The highest BCUT2D eigenvalue weighted by atomic mass is 31.2. The van der Waals surface area contributed by atoms with Crippen molar-refractivity contribution in [2.24, 2.45) is 0 Å². The van der Waals surface area contributed by atoms with Crippen LogP contribution in [0.25, 0.3) is 0 Å². The number of imidazole rings is 1. The molecule has 1 aromatic rings. The third-order valence-corrected chi connectivity index (χ3v) is 1.77. The molecular formula is C8H17N2O3P. The molecule has 0 amide bonds. The molecule has 0 radical (unpaired) electrons. The smallest absolute Gasteiger partial charge is 0.327 e. The van der Waals surface area contributed by atoms with Crippen LogP contribution in [0.5, 0.6) is 0 Å². The van der Waals surface area contributed by atoms with Gasteiger partial charge in [-0.1, -0.05) is 6.92 Å². The highest BCUT2D eigenvalue weighted by Gasteiger charge is 1.91. The van der Waals surface area contributed by atoms with Crippen LogP contribution in [0.4, 0.5) is 0 Å². The molecule has 0 unspecified atom stereocenters. The highest BCUT2D eigenvalue weighted by molar-refractivity contribution is 7.39. The van der Waals surface area contributed by atoms with E-state index in [1.165, 1.54) is 6.42 Å². The molecular weight excluding hydrogens is 203 g/mol. The van der Waals surface area contributed by atoms with E-state index in [0.29, 0.717) is 6.61 Å². The minimum absolute atomic E-state index is 0.360. The van der Waals surface area contributed by atoms with E-state index in [1.807, 2.05) is 12.5 Å². The summed E-state index contributed by atoms with van der Waals surface area (Å²) >= 11 is 0. The SMILES string of the molecule is CCCn1ccnc1.CCOP(O)O. The van der Waals surface area contributed by atoms with E-state index < -0.39 is 8.60 Å². The molecule has 5 nitrogen and oxygen atoms in total. The summed E-state index contributed by atoms with van der Waals surface area (Å²) in [4.78, 5) is 19.8. The molecule has 2 N–H and O–H groups in total. The summed E-state index contributed by atoms with van der Waals surface area (Å²) in [6, 6.07) is 0. The Hall–Kier alpha value is -0.480. The first-order valence-corrected chi connectivity index (χ1v) is 5.63. The lowest BCUT2D eigenvalue weighted by Crippen LogP contribution is -1.90. The lowest BCUT2D eigenvalue weighted by atomic mass is 10.5. The van der Waals surface area contributed by atoms with Gasteiger partial charge in [0, 0.05) is 18.9 Å². The van der Waals surface area contributed by atoms with E-state index in [2.05, 4.69) is 21.0 Å². The molecule has 0 aliphatic rings. The lowest BCUT2D eigenvalue weighted by Gasteiger charge is -1.95. The maximum atomic E-state index is 7.95. The Morgan fingerprint density at radius 2 is 2.14 bits per heavy atom. The zero-order valence-electron chi connectivity index (χ0n) is 8.50. The van der Waals surface area contributed by atoms with Crippen molar-refractivity contribution < 1.29 is 14.3 Å². The van der Waals surface area contributed by atoms with Gasteiger partial charge < -0.3 is 18.9 Å². The summed E-state index contributed by atoms with van der Waals surface area (Å²) in [5, 5.41) is 0. The Balaban J connectivity index is 0.000000255. The molecule has 1 heterocycles. The third-order valence-electron chi connectivity index (χ3n) is 1.29. The number of hydrogen-bond acceptors (Lipinski definition) is 4. The molecule has 0 saturated heterocycles. The van der Waals surface area contributed by atoms with E-state index in [4.69, 9.17) is 9.79 Å². The van der Waals surface area contributed by atoms with Crippen LogP contribution in [-0.4, -0.2) is 25.9 Å². The quantitative estimate of drug-likeness (QED) is 0.755. The first kappa shape index (κ1) is 13.5.